The zero-order valence-corrected chi connectivity index (χ0v) is 7.59. The summed E-state index contributed by atoms with van der Waals surface area (Å²) in [5, 5.41) is 2.72. The third kappa shape index (κ3) is 1.55. The topological polar surface area (TPSA) is 55.1 Å². The highest BCUT2D eigenvalue weighted by atomic mass is 19.1. The second kappa shape index (κ2) is 3.29. The van der Waals surface area contributed by atoms with E-state index in [2.05, 4.69) is 5.32 Å². The zero-order chi connectivity index (χ0) is 10.1. The molecule has 0 radical (unpaired) electrons. The van der Waals surface area contributed by atoms with Gasteiger partial charge >= 0.3 is 0 Å². The second-order valence-corrected chi connectivity index (χ2v) is 3.48. The summed E-state index contributed by atoms with van der Waals surface area (Å²) in [6.45, 7) is 0.592. The van der Waals surface area contributed by atoms with Crippen molar-refractivity contribution < 1.29 is 9.18 Å². The van der Waals surface area contributed by atoms with Crippen molar-refractivity contribution in [1.82, 2.24) is 5.32 Å². The number of hydrogen-bond acceptors (Lipinski definition) is 2. The molecule has 0 spiro atoms. The Morgan fingerprint density at radius 3 is 2.86 bits per heavy atom. The summed E-state index contributed by atoms with van der Waals surface area (Å²) in [5.74, 6) is -0.231. The minimum atomic E-state index is -0.344. The summed E-state index contributed by atoms with van der Waals surface area (Å²) in [6, 6.07) is 4.31. The van der Waals surface area contributed by atoms with Gasteiger partial charge in [-0.1, -0.05) is 6.07 Å². The lowest BCUT2D eigenvalue weighted by Gasteiger charge is -2.10. The number of nitrogens with two attached hydrogens (primary N) is 1. The first-order valence-electron chi connectivity index (χ1n) is 4.48. The van der Waals surface area contributed by atoms with Crippen molar-refractivity contribution in [3.05, 3.63) is 29.6 Å². The molecule has 0 saturated carbocycles. The standard InChI is InChI=1S/C10H11FN2O/c11-7-1-2-8(9(12)4-7)6-3-10(14)13-5-6/h1-2,4,6H,3,5,12H2,(H,13,14). The van der Waals surface area contributed by atoms with Crippen LogP contribution in [-0.4, -0.2) is 12.5 Å². The molecule has 1 fully saturated rings. The SMILES string of the molecule is Nc1cc(F)ccc1C1CNC(=O)C1. The maximum atomic E-state index is 12.7. The number of nitrogens with one attached hydrogen (secondary N) is 1. The number of anilines is 1. The molecule has 2 rings (SSSR count). The number of benzene rings is 1. The number of nitrogen functional groups attached to an aromatic ring is 1. The van der Waals surface area contributed by atoms with Crippen LogP contribution in [0.15, 0.2) is 18.2 Å². The third-order valence-corrected chi connectivity index (χ3v) is 2.47. The van der Waals surface area contributed by atoms with Crippen LogP contribution in [0.4, 0.5) is 10.1 Å². The molecule has 4 heteroatoms. The van der Waals surface area contributed by atoms with E-state index in [1.165, 1.54) is 12.1 Å². The van der Waals surface area contributed by atoms with E-state index in [4.69, 9.17) is 5.73 Å². The van der Waals surface area contributed by atoms with Gasteiger partial charge in [0.2, 0.25) is 5.91 Å². The molecule has 1 unspecified atom stereocenters. The van der Waals surface area contributed by atoms with Gasteiger partial charge in [0.1, 0.15) is 5.82 Å². The highest BCUT2D eigenvalue weighted by Gasteiger charge is 2.24. The van der Waals surface area contributed by atoms with Gasteiger partial charge in [-0.15, -0.1) is 0 Å². The van der Waals surface area contributed by atoms with Crippen LogP contribution in [0.1, 0.15) is 17.9 Å². The van der Waals surface area contributed by atoms with Crippen molar-refractivity contribution in [2.24, 2.45) is 0 Å². The molecule has 3 N–H and O–H groups in total. The molecule has 74 valence electrons. The minimum absolute atomic E-state index is 0.0266. The summed E-state index contributed by atoms with van der Waals surface area (Å²) in [5.41, 5.74) is 6.94. The van der Waals surface area contributed by atoms with Crippen LogP contribution in [0.2, 0.25) is 0 Å². The van der Waals surface area contributed by atoms with Gasteiger partial charge in [-0.25, -0.2) is 4.39 Å². The first-order chi connectivity index (χ1) is 6.66. The maximum absolute atomic E-state index is 12.7. The van der Waals surface area contributed by atoms with Crippen LogP contribution < -0.4 is 11.1 Å². The third-order valence-electron chi connectivity index (χ3n) is 2.47. The Labute approximate surface area is 81.1 Å². The van der Waals surface area contributed by atoms with E-state index in [-0.39, 0.29) is 17.6 Å². The Hall–Kier alpha value is -1.58. The number of carbonyl (C=O) groups is 1. The van der Waals surface area contributed by atoms with E-state index >= 15 is 0 Å². The van der Waals surface area contributed by atoms with Crippen LogP contribution in [-0.2, 0) is 4.79 Å². The number of carbonyl (C=O) groups excluding carboxylic acids is 1. The van der Waals surface area contributed by atoms with Gasteiger partial charge < -0.3 is 11.1 Å². The van der Waals surface area contributed by atoms with E-state index in [0.717, 1.165) is 5.56 Å². The van der Waals surface area contributed by atoms with Crippen LogP contribution in [0.3, 0.4) is 0 Å². The molecule has 14 heavy (non-hydrogen) atoms. The first kappa shape index (κ1) is 8.99. The number of hydrogen-bond donors (Lipinski definition) is 2. The summed E-state index contributed by atoms with van der Waals surface area (Å²) in [6.07, 6.45) is 0.440. The summed E-state index contributed by atoms with van der Waals surface area (Å²) >= 11 is 0. The Morgan fingerprint density at radius 1 is 1.50 bits per heavy atom. The van der Waals surface area contributed by atoms with E-state index in [0.29, 0.717) is 18.7 Å². The molecule has 1 amide bonds. The summed E-state index contributed by atoms with van der Waals surface area (Å²) < 4.78 is 12.7. The van der Waals surface area contributed by atoms with Gasteiger partial charge in [0.05, 0.1) is 0 Å². The number of halogens is 1. The molecule has 1 saturated heterocycles. The van der Waals surface area contributed by atoms with Crippen molar-refractivity contribution in [1.29, 1.82) is 0 Å². The highest BCUT2D eigenvalue weighted by molar-refractivity contribution is 5.80. The first-order valence-corrected chi connectivity index (χ1v) is 4.48. The molecule has 0 aromatic heterocycles. The fraction of sp³-hybridized carbons (Fsp3) is 0.300. The Kier molecular flexibility index (Phi) is 2.11. The quantitative estimate of drug-likeness (QED) is 0.655. The molecular weight excluding hydrogens is 183 g/mol. The maximum Gasteiger partial charge on any atom is 0.220 e. The van der Waals surface area contributed by atoms with Crippen LogP contribution in [0.25, 0.3) is 0 Å². The summed E-state index contributed by atoms with van der Waals surface area (Å²) in [7, 11) is 0. The van der Waals surface area contributed by atoms with Crippen molar-refractivity contribution in [2.75, 3.05) is 12.3 Å². The molecule has 1 aromatic rings. The van der Waals surface area contributed by atoms with Gasteiger partial charge in [0.15, 0.2) is 0 Å². The van der Waals surface area contributed by atoms with Gasteiger partial charge in [-0.3, -0.25) is 4.79 Å². The molecule has 1 heterocycles. The fourth-order valence-electron chi connectivity index (χ4n) is 1.74. The van der Waals surface area contributed by atoms with Crippen LogP contribution in [0, 0.1) is 5.82 Å². The van der Waals surface area contributed by atoms with Crippen molar-refractivity contribution in [3.8, 4) is 0 Å². The molecular formula is C10H11FN2O. The lowest BCUT2D eigenvalue weighted by atomic mass is 9.96. The zero-order valence-electron chi connectivity index (χ0n) is 7.59. The van der Waals surface area contributed by atoms with Crippen LogP contribution in [0.5, 0.6) is 0 Å². The fourth-order valence-corrected chi connectivity index (χ4v) is 1.74. The van der Waals surface area contributed by atoms with E-state index in [1.807, 2.05) is 0 Å². The largest absolute Gasteiger partial charge is 0.398 e. The predicted octanol–water partition coefficient (Wildman–Crippen LogP) is 1.01. The molecule has 1 aliphatic heterocycles. The van der Waals surface area contributed by atoms with Crippen LogP contribution >= 0.6 is 0 Å². The highest BCUT2D eigenvalue weighted by Crippen LogP contribution is 2.28. The lowest BCUT2D eigenvalue weighted by Crippen LogP contribution is -2.13. The smallest absolute Gasteiger partial charge is 0.220 e. The molecule has 1 aliphatic rings. The Bertz CT molecular complexity index is 378. The van der Waals surface area contributed by atoms with Gasteiger partial charge in [0.25, 0.3) is 0 Å². The average molecular weight is 194 g/mol. The van der Waals surface area contributed by atoms with Crippen molar-refractivity contribution in [3.63, 3.8) is 0 Å². The Balaban J connectivity index is 2.28. The average Bonchev–Trinajstić information content (AvgIpc) is 2.51. The molecule has 0 aliphatic carbocycles. The molecule has 1 aromatic carbocycles. The molecule has 0 bridgehead atoms. The second-order valence-electron chi connectivity index (χ2n) is 3.48. The van der Waals surface area contributed by atoms with E-state index < -0.39 is 0 Å². The van der Waals surface area contributed by atoms with Gasteiger partial charge in [-0.2, -0.15) is 0 Å². The lowest BCUT2D eigenvalue weighted by molar-refractivity contribution is -0.119. The number of rotatable bonds is 1. The number of amides is 1. The monoisotopic (exact) mass is 194 g/mol. The van der Waals surface area contributed by atoms with E-state index in [1.54, 1.807) is 6.07 Å². The minimum Gasteiger partial charge on any atom is -0.398 e. The van der Waals surface area contributed by atoms with Gasteiger partial charge in [-0.05, 0) is 17.7 Å². The molecule has 3 nitrogen and oxygen atoms in total. The van der Waals surface area contributed by atoms with E-state index in [9.17, 15) is 9.18 Å². The van der Waals surface area contributed by atoms with Gasteiger partial charge in [0, 0.05) is 24.6 Å². The normalized spacial score (nSPS) is 20.9. The van der Waals surface area contributed by atoms with Crippen molar-refractivity contribution >= 4 is 11.6 Å². The molecule has 1 atom stereocenters. The Morgan fingerprint density at radius 2 is 2.29 bits per heavy atom. The van der Waals surface area contributed by atoms with Crippen molar-refractivity contribution in [2.45, 2.75) is 12.3 Å². The summed E-state index contributed by atoms with van der Waals surface area (Å²) in [4.78, 5) is 11.0. The predicted molar refractivity (Wildman–Crippen MR) is 51.2 cm³/mol.